The first-order valence-corrected chi connectivity index (χ1v) is 3.35. The molecular weight excluding hydrogens is 150 g/mol. The van der Waals surface area contributed by atoms with Gasteiger partial charge in [0.2, 0.25) is 0 Å². The van der Waals surface area contributed by atoms with E-state index in [1.807, 2.05) is 0 Å². The average molecular weight is 159 g/mol. The van der Waals surface area contributed by atoms with Crippen molar-refractivity contribution < 1.29 is 19.5 Å². The molecule has 0 spiro atoms. The quantitative estimate of drug-likeness (QED) is 0.558. The Kier molecular flexibility index (Phi) is 2.43. The number of rotatable bonds is 2. The van der Waals surface area contributed by atoms with Crippen molar-refractivity contribution >= 4 is 11.9 Å². The fourth-order valence-electron chi connectivity index (χ4n) is 0.862. The number of carboxylic acid groups (broad SMARTS) is 1. The monoisotopic (exact) mass is 159 g/mol. The van der Waals surface area contributed by atoms with Crippen molar-refractivity contribution in [3.05, 3.63) is 0 Å². The molecule has 0 aromatic carbocycles. The number of nitrogens with zero attached hydrogens (tertiary/aromatic N) is 1. The normalized spacial score (nSPS) is 16.9. The van der Waals surface area contributed by atoms with Gasteiger partial charge in [-0.15, -0.1) is 0 Å². The lowest BCUT2D eigenvalue weighted by molar-refractivity contribution is -0.171. The second kappa shape index (κ2) is 3.34. The highest BCUT2D eigenvalue weighted by Gasteiger charge is 2.20. The second-order valence-corrected chi connectivity index (χ2v) is 2.25. The highest BCUT2D eigenvalue weighted by molar-refractivity contribution is 5.92. The van der Waals surface area contributed by atoms with Gasteiger partial charge in [-0.3, -0.25) is 14.4 Å². The molecule has 0 unspecified atom stereocenters. The van der Waals surface area contributed by atoms with Crippen molar-refractivity contribution in [1.82, 2.24) is 5.06 Å². The van der Waals surface area contributed by atoms with Crippen molar-refractivity contribution in [2.45, 2.75) is 12.8 Å². The van der Waals surface area contributed by atoms with Gasteiger partial charge in [-0.1, -0.05) is 0 Å². The third-order valence-electron chi connectivity index (χ3n) is 1.33. The van der Waals surface area contributed by atoms with Gasteiger partial charge in [0.25, 0.3) is 5.91 Å². The number of carbonyl (C=O) groups is 2. The van der Waals surface area contributed by atoms with Gasteiger partial charge in [0.1, 0.15) is 6.42 Å². The van der Waals surface area contributed by atoms with Crippen LogP contribution in [-0.2, 0) is 14.4 Å². The number of carbonyl (C=O) groups excluding carboxylic acids is 1. The van der Waals surface area contributed by atoms with E-state index in [2.05, 4.69) is 0 Å². The molecule has 1 fully saturated rings. The van der Waals surface area contributed by atoms with Crippen molar-refractivity contribution in [1.29, 1.82) is 0 Å². The zero-order valence-corrected chi connectivity index (χ0v) is 5.95. The lowest BCUT2D eigenvalue weighted by atomic mass is 10.4. The molecule has 1 aliphatic rings. The third-order valence-corrected chi connectivity index (χ3v) is 1.33. The Morgan fingerprint density at radius 3 is 2.73 bits per heavy atom. The maximum Gasteiger partial charge on any atom is 0.312 e. The van der Waals surface area contributed by atoms with Crippen LogP contribution in [-0.4, -0.2) is 35.2 Å². The van der Waals surface area contributed by atoms with Crippen LogP contribution in [0.4, 0.5) is 0 Å². The molecule has 0 aromatic heterocycles. The SMILES string of the molecule is O=C(O)CC(=O)N1CCCO1. The van der Waals surface area contributed by atoms with E-state index < -0.39 is 18.3 Å². The molecule has 0 aliphatic carbocycles. The van der Waals surface area contributed by atoms with E-state index in [0.29, 0.717) is 13.2 Å². The molecule has 62 valence electrons. The van der Waals surface area contributed by atoms with Gasteiger partial charge in [-0.2, -0.15) is 0 Å². The standard InChI is InChI=1S/C6H9NO4/c8-5(4-6(9)10)7-2-1-3-11-7/h1-4H2,(H,9,10). The zero-order chi connectivity index (χ0) is 8.27. The van der Waals surface area contributed by atoms with E-state index in [9.17, 15) is 9.59 Å². The van der Waals surface area contributed by atoms with E-state index >= 15 is 0 Å². The number of hydrogen-bond donors (Lipinski definition) is 1. The Labute approximate surface area is 63.5 Å². The van der Waals surface area contributed by atoms with Crippen LogP contribution in [0.25, 0.3) is 0 Å². The summed E-state index contributed by atoms with van der Waals surface area (Å²) in [5.41, 5.74) is 0. The first kappa shape index (κ1) is 8.00. The maximum absolute atomic E-state index is 10.9. The molecule has 1 aliphatic heterocycles. The Balaban J connectivity index is 2.34. The van der Waals surface area contributed by atoms with Crippen LogP contribution in [0.2, 0.25) is 0 Å². The molecule has 1 heterocycles. The molecular formula is C6H9NO4. The van der Waals surface area contributed by atoms with Crippen LogP contribution in [0.15, 0.2) is 0 Å². The van der Waals surface area contributed by atoms with Crippen LogP contribution in [0.1, 0.15) is 12.8 Å². The first-order chi connectivity index (χ1) is 5.20. The summed E-state index contributed by atoms with van der Waals surface area (Å²) < 4.78 is 0. The van der Waals surface area contributed by atoms with Crippen LogP contribution < -0.4 is 0 Å². The maximum atomic E-state index is 10.9. The minimum Gasteiger partial charge on any atom is -0.481 e. The molecule has 0 radical (unpaired) electrons. The summed E-state index contributed by atoms with van der Waals surface area (Å²) in [6, 6.07) is 0. The molecule has 1 N–H and O–H groups in total. The summed E-state index contributed by atoms with van der Waals surface area (Å²) in [7, 11) is 0. The smallest absolute Gasteiger partial charge is 0.312 e. The highest BCUT2D eigenvalue weighted by atomic mass is 16.7. The van der Waals surface area contributed by atoms with Crippen LogP contribution >= 0.6 is 0 Å². The fraction of sp³-hybridized carbons (Fsp3) is 0.667. The van der Waals surface area contributed by atoms with Gasteiger partial charge in [0.15, 0.2) is 0 Å². The van der Waals surface area contributed by atoms with Crippen molar-refractivity contribution in [3.8, 4) is 0 Å². The minimum absolute atomic E-state index is 0.477. The molecule has 1 amide bonds. The van der Waals surface area contributed by atoms with Crippen LogP contribution in [0.5, 0.6) is 0 Å². The summed E-state index contributed by atoms with van der Waals surface area (Å²) >= 11 is 0. The summed E-state index contributed by atoms with van der Waals surface area (Å²) in [4.78, 5) is 25.8. The molecule has 1 saturated heterocycles. The van der Waals surface area contributed by atoms with Crippen LogP contribution in [0, 0.1) is 0 Å². The average Bonchev–Trinajstić information content (AvgIpc) is 2.35. The predicted molar refractivity (Wildman–Crippen MR) is 34.5 cm³/mol. The molecule has 5 heteroatoms. The Bertz CT molecular complexity index is 173. The van der Waals surface area contributed by atoms with Gasteiger partial charge in [-0.25, -0.2) is 5.06 Å². The largest absolute Gasteiger partial charge is 0.481 e. The first-order valence-electron chi connectivity index (χ1n) is 3.35. The molecule has 0 aromatic rings. The predicted octanol–water partition coefficient (Wildman–Crippen LogP) is -0.375. The summed E-state index contributed by atoms with van der Waals surface area (Å²) in [5.74, 6) is -1.60. The summed E-state index contributed by atoms with van der Waals surface area (Å²) in [5, 5.41) is 9.35. The van der Waals surface area contributed by atoms with Crippen LogP contribution in [0.3, 0.4) is 0 Å². The molecule has 0 bridgehead atoms. The minimum atomic E-state index is -1.12. The van der Waals surface area contributed by atoms with Crippen molar-refractivity contribution in [2.24, 2.45) is 0 Å². The Hall–Kier alpha value is -1.10. The molecule has 5 nitrogen and oxygen atoms in total. The van der Waals surface area contributed by atoms with Crippen molar-refractivity contribution in [3.63, 3.8) is 0 Å². The zero-order valence-electron chi connectivity index (χ0n) is 5.95. The van der Waals surface area contributed by atoms with E-state index in [4.69, 9.17) is 9.94 Å². The Morgan fingerprint density at radius 2 is 2.27 bits per heavy atom. The topological polar surface area (TPSA) is 66.8 Å². The highest BCUT2D eigenvalue weighted by Crippen LogP contribution is 2.05. The number of aliphatic carboxylic acids is 1. The fourth-order valence-corrected chi connectivity index (χ4v) is 0.862. The number of carboxylic acids is 1. The number of hydroxylamine groups is 2. The summed E-state index contributed by atoms with van der Waals surface area (Å²) in [6.07, 6.45) is 0.297. The van der Waals surface area contributed by atoms with Gasteiger partial charge in [-0.05, 0) is 6.42 Å². The molecule has 1 rings (SSSR count). The second-order valence-electron chi connectivity index (χ2n) is 2.25. The van der Waals surface area contributed by atoms with E-state index in [1.165, 1.54) is 0 Å². The Morgan fingerprint density at radius 1 is 1.55 bits per heavy atom. The van der Waals surface area contributed by atoms with E-state index in [1.54, 1.807) is 0 Å². The lowest BCUT2D eigenvalue weighted by Crippen LogP contribution is -2.28. The van der Waals surface area contributed by atoms with E-state index in [-0.39, 0.29) is 0 Å². The number of amides is 1. The van der Waals surface area contributed by atoms with E-state index in [0.717, 1.165) is 11.5 Å². The lowest BCUT2D eigenvalue weighted by Gasteiger charge is -2.11. The third kappa shape index (κ3) is 2.19. The molecule has 11 heavy (non-hydrogen) atoms. The molecule has 0 saturated carbocycles. The summed E-state index contributed by atoms with van der Waals surface area (Å²) in [6.45, 7) is 1.01. The number of hydrogen-bond acceptors (Lipinski definition) is 3. The molecule has 0 atom stereocenters. The van der Waals surface area contributed by atoms with Crippen molar-refractivity contribution in [2.75, 3.05) is 13.2 Å². The van der Waals surface area contributed by atoms with Gasteiger partial charge < -0.3 is 5.11 Å². The van der Waals surface area contributed by atoms with Gasteiger partial charge in [0, 0.05) is 0 Å². The van der Waals surface area contributed by atoms with Gasteiger partial charge in [0.05, 0.1) is 13.2 Å². The van der Waals surface area contributed by atoms with Gasteiger partial charge >= 0.3 is 5.97 Å².